The highest BCUT2D eigenvalue weighted by atomic mass is 16.6. The van der Waals surface area contributed by atoms with Crippen molar-refractivity contribution < 1.29 is 19.0 Å². The number of hydrogen-bond acceptors (Lipinski definition) is 5. The molecule has 6 nitrogen and oxygen atoms in total. The van der Waals surface area contributed by atoms with Crippen LogP contribution in [0.4, 0.5) is 0 Å². The third-order valence-corrected chi connectivity index (χ3v) is 4.29. The molecule has 0 bridgehead atoms. The Bertz CT molecular complexity index is 852. The number of allylic oxidation sites excluding steroid dienone is 3. The first-order chi connectivity index (χ1) is 13.7. The molecule has 0 aliphatic carbocycles. The van der Waals surface area contributed by atoms with E-state index < -0.39 is 0 Å². The number of benzene rings is 1. The van der Waals surface area contributed by atoms with E-state index in [9.17, 15) is 4.79 Å². The first-order valence-corrected chi connectivity index (χ1v) is 9.57. The Morgan fingerprint density at radius 2 is 2.00 bits per heavy atom. The van der Waals surface area contributed by atoms with Crippen molar-refractivity contribution in [3.05, 3.63) is 53.3 Å². The van der Waals surface area contributed by atoms with Gasteiger partial charge < -0.3 is 14.2 Å². The molecule has 28 heavy (non-hydrogen) atoms. The number of ether oxygens (including phenoxy) is 3. The first kappa shape index (κ1) is 19.9. The van der Waals surface area contributed by atoms with Crippen LogP contribution in [0.5, 0.6) is 11.5 Å². The normalized spacial score (nSPS) is 18.3. The average molecular weight is 382 g/mol. The fourth-order valence-corrected chi connectivity index (χ4v) is 3.01. The van der Waals surface area contributed by atoms with Gasteiger partial charge in [0.1, 0.15) is 13.2 Å². The summed E-state index contributed by atoms with van der Waals surface area (Å²) in [6.07, 6.45) is 9.46. The molecule has 3 rings (SSSR count). The van der Waals surface area contributed by atoms with Crippen LogP contribution in [0.15, 0.2) is 52.8 Å². The maximum Gasteiger partial charge on any atom is 0.280 e. The molecule has 2 aliphatic rings. The van der Waals surface area contributed by atoms with E-state index in [-0.39, 0.29) is 12.5 Å². The van der Waals surface area contributed by atoms with Crippen molar-refractivity contribution in [2.75, 3.05) is 26.9 Å². The van der Waals surface area contributed by atoms with Crippen molar-refractivity contribution in [3.63, 3.8) is 0 Å². The van der Waals surface area contributed by atoms with Crippen LogP contribution in [0.2, 0.25) is 0 Å². The highest BCUT2D eigenvalue weighted by molar-refractivity contribution is 6.28. The van der Waals surface area contributed by atoms with Gasteiger partial charge in [0.2, 0.25) is 0 Å². The zero-order chi connectivity index (χ0) is 19.9. The van der Waals surface area contributed by atoms with Crippen LogP contribution in [0.3, 0.4) is 0 Å². The maximum atomic E-state index is 13.1. The highest BCUT2D eigenvalue weighted by Crippen LogP contribution is 2.32. The number of hydrogen-bond donors (Lipinski definition) is 0. The minimum Gasteiger partial charge on any atom is -0.486 e. The lowest BCUT2D eigenvalue weighted by Crippen LogP contribution is -2.21. The number of amides is 1. The number of rotatable bonds is 7. The quantitative estimate of drug-likeness (QED) is 0.529. The van der Waals surface area contributed by atoms with E-state index in [1.807, 2.05) is 49.4 Å². The molecule has 0 aromatic heterocycles. The molecule has 0 saturated heterocycles. The molecule has 1 amide bonds. The third kappa shape index (κ3) is 4.34. The van der Waals surface area contributed by atoms with Gasteiger partial charge in [-0.1, -0.05) is 32.1 Å². The van der Waals surface area contributed by atoms with Gasteiger partial charge in [-0.05, 0) is 42.7 Å². The molecule has 0 fully saturated rings. The lowest BCUT2D eigenvalue weighted by molar-refractivity contribution is -0.123. The summed E-state index contributed by atoms with van der Waals surface area (Å²) in [5.41, 5.74) is 2.75. The number of hydrazone groups is 1. The van der Waals surface area contributed by atoms with E-state index in [0.29, 0.717) is 30.2 Å². The second-order valence-corrected chi connectivity index (χ2v) is 6.41. The van der Waals surface area contributed by atoms with Crippen LogP contribution in [-0.4, -0.2) is 43.6 Å². The van der Waals surface area contributed by atoms with Gasteiger partial charge in [0.05, 0.1) is 23.6 Å². The summed E-state index contributed by atoms with van der Waals surface area (Å²) in [5.74, 6) is 1.24. The monoisotopic (exact) mass is 382 g/mol. The minimum absolute atomic E-state index is 0.164. The standard InChI is InChI=1S/C22H26N2O4/c1-4-6-8-17(7-5-2)24-22(25)18(19(23-24)15-26-3)13-16-9-10-20-21(14-16)28-12-11-27-20/h6-10,13-14H,4-5,11-12,15H2,1-3H3/b8-6-,17-7+,18-13-. The molecule has 0 N–H and O–H groups in total. The lowest BCUT2D eigenvalue weighted by Gasteiger charge is -2.18. The number of fused-ring (bicyclic) bond motifs is 1. The maximum absolute atomic E-state index is 13.1. The predicted octanol–water partition coefficient (Wildman–Crippen LogP) is 3.95. The van der Waals surface area contributed by atoms with E-state index in [1.54, 1.807) is 7.11 Å². The summed E-state index contributed by atoms with van der Waals surface area (Å²) in [4.78, 5) is 13.1. The Morgan fingerprint density at radius 3 is 2.71 bits per heavy atom. The Morgan fingerprint density at radius 1 is 1.21 bits per heavy atom. The number of carbonyl (C=O) groups excluding carboxylic acids is 1. The van der Waals surface area contributed by atoms with Gasteiger partial charge in [-0.2, -0.15) is 10.1 Å². The van der Waals surface area contributed by atoms with Crippen molar-refractivity contribution in [3.8, 4) is 11.5 Å². The van der Waals surface area contributed by atoms with E-state index in [0.717, 1.165) is 29.9 Å². The van der Waals surface area contributed by atoms with E-state index in [1.165, 1.54) is 5.01 Å². The van der Waals surface area contributed by atoms with Gasteiger partial charge in [-0.25, -0.2) is 0 Å². The van der Waals surface area contributed by atoms with Crippen molar-refractivity contribution in [1.82, 2.24) is 5.01 Å². The topological polar surface area (TPSA) is 60.4 Å². The largest absolute Gasteiger partial charge is 0.486 e. The van der Waals surface area contributed by atoms with Gasteiger partial charge in [0.15, 0.2) is 11.5 Å². The molecule has 2 heterocycles. The van der Waals surface area contributed by atoms with E-state index >= 15 is 0 Å². The molecule has 0 unspecified atom stereocenters. The smallest absolute Gasteiger partial charge is 0.280 e. The summed E-state index contributed by atoms with van der Waals surface area (Å²) in [7, 11) is 1.59. The fourth-order valence-electron chi connectivity index (χ4n) is 3.01. The molecular formula is C22H26N2O4. The van der Waals surface area contributed by atoms with Crippen LogP contribution in [0, 0.1) is 0 Å². The van der Waals surface area contributed by atoms with Gasteiger partial charge in [0, 0.05) is 7.11 Å². The molecule has 1 aromatic rings. The van der Waals surface area contributed by atoms with Crippen molar-refractivity contribution in [2.45, 2.75) is 26.7 Å². The SMILES string of the molecule is CC/C=C\C(=C/CC)N1N=C(COC)/C(=C/c2ccc3c(c2)OCCO3)C1=O. The zero-order valence-electron chi connectivity index (χ0n) is 16.6. The number of carbonyl (C=O) groups is 1. The predicted molar refractivity (Wildman–Crippen MR) is 109 cm³/mol. The van der Waals surface area contributed by atoms with Crippen LogP contribution >= 0.6 is 0 Å². The summed E-state index contributed by atoms with van der Waals surface area (Å²) in [6, 6.07) is 5.64. The zero-order valence-corrected chi connectivity index (χ0v) is 16.6. The molecule has 1 aromatic carbocycles. The second-order valence-electron chi connectivity index (χ2n) is 6.41. The Kier molecular flexibility index (Phi) is 6.66. The molecular weight excluding hydrogens is 356 g/mol. The number of methoxy groups -OCH3 is 1. The Balaban J connectivity index is 1.95. The van der Waals surface area contributed by atoms with Crippen LogP contribution in [0.25, 0.3) is 6.08 Å². The van der Waals surface area contributed by atoms with Crippen molar-refractivity contribution >= 4 is 17.7 Å². The minimum atomic E-state index is -0.164. The molecule has 6 heteroatoms. The average Bonchev–Trinajstić information content (AvgIpc) is 3.01. The van der Waals surface area contributed by atoms with Crippen LogP contribution < -0.4 is 9.47 Å². The van der Waals surface area contributed by atoms with Crippen LogP contribution in [0.1, 0.15) is 32.3 Å². The van der Waals surface area contributed by atoms with Crippen molar-refractivity contribution in [1.29, 1.82) is 0 Å². The summed E-state index contributed by atoms with van der Waals surface area (Å²) < 4.78 is 16.5. The molecule has 2 aliphatic heterocycles. The molecule has 0 spiro atoms. The highest BCUT2D eigenvalue weighted by Gasteiger charge is 2.31. The van der Waals surface area contributed by atoms with Gasteiger partial charge in [0.25, 0.3) is 5.91 Å². The summed E-state index contributed by atoms with van der Waals surface area (Å²) in [6.45, 7) is 5.41. The van der Waals surface area contributed by atoms with Crippen LogP contribution in [-0.2, 0) is 9.53 Å². The summed E-state index contributed by atoms with van der Waals surface area (Å²) in [5, 5.41) is 5.98. The Hall–Kier alpha value is -2.86. The molecule has 0 saturated carbocycles. The molecule has 0 radical (unpaired) electrons. The van der Waals surface area contributed by atoms with E-state index in [2.05, 4.69) is 12.0 Å². The number of nitrogens with zero attached hydrogens (tertiary/aromatic N) is 2. The van der Waals surface area contributed by atoms with Crippen molar-refractivity contribution in [2.24, 2.45) is 5.10 Å². The van der Waals surface area contributed by atoms with Gasteiger partial charge >= 0.3 is 0 Å². The van der Waals surface area contributed by atoms with Gasteiger partial charge in [-0.3, -0.25) is 4.79 Å². The second kappa shape index (κ2) is 9.37. The fraction of sp³-hybridized carbons (Fsp3) is 0.364. The third-order valence-electron chi connectivity index (χ3n) is 4.29. The molecule has 148 valence electrons. The summed E-state index contributed by atoms with van der Waals surface area (Å²) >= 11 is 0. The van der Waals surface area contributed by atoms with E-state index in [4.69, 9.17) is 14.2 Å². The first-order valence-electron chi connectivity index (χ1n) is 9.57. The molecule has 0 atom stereocenters. The lowest BCUT2D eigenvalue weighted by atomic mass is 10.1. The van der Waals surface area contributed by atoms with Gasteiger partial charge in [-0.15, -0.1) is 0 Å². The Labute approximate surface area is 165 Å².